The van der Waals surface area contributed by atoms with Crippen LogP contribution >= 0.6 is 0 Å². The highest BCUT2D eigenvalue weighted by Crippen LogP contribution is 2.26. The number of carbonyl (C=O) groups is 2. The van der Waals surface area contributed by atoms with Gasteiger partial charge in [0.05, 0.1) is 6.61 Å². The smallest absolute Gasteiger partial charge is 0.415 e. The molecule has 0 aliphatic carbocycles. The Balaban J connectivity index is 1.68. The number of hydrogen-bond acceptors (Lipinski definition) is 6. The summed E-state index contributed by atoms with van der Waals surface area (Å²) >= 11 is 0. The molecule has 7 nitrogen and oxygen atoms in total. The van der Waals surface area contributed by atoms with Gasteiger partial charge in [-0.3, -0.25) is 5.32 Å². The fraction of sp³-hybridized carbons (Fsp3) is 0.222. The zero-order valence-electron chi connectivity index (χ0n) is 13.8. The molecule has 7 heteroatoms. The molecule has 132 valence electrons. The Hall–Kier alpha value is -3.22. The van der Waals surface area contributed by atoms with Crippen LogP contribution in [0.1, 0.15) is 6.92 Å². The summed E-state index contributed by atoms with van der Waals surface area (Å²) in [5, 5.41) is 2.31. The summed E-state index contributed by atoms with van der Waals surface area (Å²) in [6.07, 6.45) is -0.721. The van der Waals surface area contributed by atoms with E-state index in [4.69, 9.17) is 18.9 Å². The predicted octanol–water partition coefficient (Wildman–Crippen LogP) is 2.75. The van der Waals surface area contributed by atoms with Gasteiger partial charge in [0.1, 0.15) is 5.75 Å². The zero-order valence-corrected chi connectivity index (χ0v) is 13.8. The second-order valence-corrected chi connectivity index (χ2v) is 4.71. The highest BCUT2D eigenvalue weighted by Gasteiger charge is 2.09. The Morgan fingerprint density at radius 2 is 1.56 bits per heavy atom. The quantitative estimate of drug-likeness (QED) is 0.585. The van der Waals surface area contributed by atoms with Crippen LogP contribution in [0.25, 0.3) is 0 Å². The molecule has 25 heavy (non-hydrogen) atoms. The van der Waals surface area contributed by atoms with Gasteiger partial charge in [-0.1, -0.05) is 30.3 Å². The number of nitrogens with one attached hydrogen (secondary N) is 1. The first kappa shape index (κ1) is 18.1. The molecule has 1 amide bonds. The Morgan fingerprint density at radius 3 is 2.24 bits per heavy atom. The summed E-state index contributed by atoms with van der Waals surface area (Å²) < 4.78 is 20.6. The molecule has 0 radical (unpaired) electrons. The second-order valence-electron chi connectivity index (χ2n) is 4.71. The molecule has 0 heterocycles. The Kier molecular flexibility index (Phi) is 7.12. The van der Waals surface area contributed by atoms with Crippen molar-refractivity contribution in [3.8, 4) is 17.2 Å². The number of esters is 1. The molecule has 2 aromatic carbocycles. The molecule has 2 aromatic rings. The van der Waals surface area contributed by atoms with E-state index in [0.29, 0.717) is 23.9 Å². The van der Waals surface area contributed by atoms with E-state index in [9.17, 15) is 9.59 Å². The van der Waals surface area contributed by atoms with Crippen molar-refractivity contribution >= 4 is 12.1 Å². The fourth-order valence-corrected chi connectivity index (χ4v) is 1.83. The maximum Gasteiger partial charge on any atom is 0.415 e. The fourth-order valence-electron chi connectivity index (χ4n) is 1.83. The van der Waals surface area contributed by atoms with E-state index in [2.05, 4.69) is 5.32 Å². The van der Waals surface area contributed by atoms with Crippen molar-refractivity contribution in [2.75, 3.05) is 19.9 Å². The maximum absolute atomic E-state index is 11.6. The minimum absolute atomic E-state index is 0.306. The first-order valence-corrected chi connectivity index (χ1v) is 7.70. The lowest BCUT2D eigenvalue weighted by molar-refractivity contribution is -0.146. The van der Waals surface area contributed by atoms with Crippen LogP contribution in [-0.2, 0) is 9.53 Å². The van der Waals surface area contributed by atoms with E-state index in [0.717, 1.165) is 0 Å². The molecule has 0 saturated carbocycles. The summed E-state index contributed by atoms with van der Waals surface area (Å²) in [5.41, 5.74) is 0. The molecule has 0 saturated heterocycles. The predicted molar refractivity (Wildman–Crippen MR) is 89.7 cm³/mol. The molecular formula is C18H19NO6. The van der Waals surface area contributed by atoms with Gasteiger partial charge in [-0.2, -0.15) is 0 Å². The van der Waals surface area contributed by atoms with Gasteiger partial charge in [0.25, 0.3) is 0 Å². The minimum Gasteiger partial charge on any atom is -0.490 e. The largest absolute Gasteiger partial charge is 0.490 e. The monoisotopic (exact) mass is 345 g/mol. The molecule has 2 rings (SSSR count). The van der Waals surface area contributed by atoms with Crippen molar-refractivity contribution in [1.82, 2.24) is 5.32 Å². The van der Waals surface area contributed by atoms with Crippen LogP contribution in [0.3, 0.4) is 0 Å². The van der Waals surface area contributed by atoms with Crippen LogP contribution in [0.5, 0.6) is 17.2 Å². The lowest BCUT2D eigenvalue weighted by Crippen LogP contribution is -2.31. The van der Waals surface area contributed by atoms with E-state index in [-0.39, 0.29) is 13.3 Å². The third-order valence-corrected chi connectivity index (χ3v) is 2.90. The van der Waals surface area contributed by atoms with Crippen LogP contribution in [-0.4, -0.2) is 32.0 Å². The average Bonchev–Trinajstić information content (AvgIpc) is 2.62. The second kappa shape index (κ2) is 9.82. The Bertz CT molecular complexity index is 689. The molecule has 0 spiro atoms. The van der Waals surface area contributed by atoms with Crippen molar-refractivity contribution in [3.05, 3.63) is 54.6 Å². The van der Waals surface area contributed by atoms with Crippen LogP contribution in [0.2, 0.25) is 0 Å². The van der Waals surface area contributed by atoms with Gasteiger partial charge >= 0.3 is 12.1 Å². The van der Waals surface area contributed by atoms with Crippen LogP contribution < -0.4 is 19.5 Å². The molecule has 0 bridgehead atoms. The van der Waals surface area contributed by atoms with E-state index in [1.165, 1.54) is 0 Å². The summed E-state index contributed by atoms with van der Waals surface area (Å²) in [6.45, 7) is 1.71. The van der Waals surface area contributed by atoms with Gasteiger partial charge < -0.3 is 18.9 Å². The van der Waals surface area contributed by atoms with Gasteiger partial charge in [0, 0.05) is 0 Å². The third-order valence-electron chi connectivity index (χ3n) is 2.90. The summed E-state index contributed by atoms with van der Waals surface area (Å²) in [6, 6.07) is 15.5. The first-order chi connectivity index (χ1) is 12.2. The lowest BCUT2D eigenvalue weighted by Gasteiger charge is -2.11. The SMILES string of the molecule is CCOc1ccccc1OCC(=O)OCNC(=O)Oc1ccccc1. The van der Waals surface area contributed by atoms with Crippen LogP contribution in [0.15, 0.2) is 54.6 Å². The van der Waals surface area contributed by atoms with Gasteiger partial charge in [-0.05, 0) is 31.2 Å². The highest BCUT2D eigenvalue weighted by molar-refractivity contribution is 5.73. The lowest BCUT2D eigenvalue weighted by atomic mass is 10.3. The number of ether oxygens (including phenoxy) is 4. The number of benzene rings is 2. The van der Waals surface area contributed by atoms with Crippen LogP contribution in [0.4, 0.5) is 4.79 Å². The Labute approximate surface area is 145 Å². The molecule has 1 N–H and O–H groups in total. The summed E-state index contributed by atoms with van der Waals surface area (Å²) in [7, 11) is 0. The van der Waals surface area contributed by atoms with Crippen molar-refractivity contribution < 1.29 is 28.5 Å². The zero-order chi connectivity index (χ0) is 17.9. The van der Waals surface area contributed by atoms with Gasteiger partial charge in [-0.15, -0.1) is 0 Å². The number of amides is 1. The Morgan fingerprint density at radius 1 is 0.920 bits per heavy atom. The number of para-hydroxylation sites is 3. The standard InChI is InChI=1S/C18H19NO6/c1-2-22-15-10-6-7-11-16(15)23-12-17(20)24-13-19-18(21)25-14-8-4-3-5-9-14/h3-11H,2,12-13H2,1H3,(H,19,21). The minimum atomic E-state index is -0.721. The number of rotatable bonds is 8. The van der Waals surface area contributed by atoms with Gasteiger partial charge in [0.2, 0.25) is 0 Å². The summed E-state index contributed by atoms with van der Waals surface area (Å²) in [4.78, 5) is 23.2. The van der Waals surface area contributed by atoms with Gasteiger partial charge in [-0.25, -0.2) is 9.59 Å². The first-order valence-electron chi connectivity index (χ1n) is 7.70. The van der Waals surface area contributed by atoms with Crippen molar-refractivity contribution in [3.63, 3.8) is 0 Å². The molecule has 0 unspecified atom stereocenters. The normalized spacial score (nSPS) is 9.80. The molecule has 0 atom stereocenters. The third kappa shape index (κ3) is 6.42. The van der Waals surface area contributed by atoms with E-state index in [1.54, 1.807) is 54.6 Å². The van der Waals surface area contributed by atoms with E-state index < -0.39 is 12.1 Å². The molecule has 0 aliphatic rings. The average molecular weight is 345 g/mol. The summed E-state index contributed by atoms with van der Waals surface area (Å²) in [5.74, 6) is 0.744. The highest BCUT2D eigenvalue weighted by atomic mass is 16.6. The van der Waals surface area contributed by atoms with Crippen molar-refractivity contribution in [2.24, 2.45) is 0 Å². The maximum atomic E-state index is 11.6. The molecular weight excluding hydrogens is 326 g/mol. The molecule has 0 aromatic heterocycles. The number of hydrogen-bond donors (Lipinski definition) is 1. The van der Waals surface area contributed by atoms with Gasteiger partial charge in [0.15, 0.2) is 24.8 Å². The van der Waals surface area contributed by atoms with E-state index in [1.807, 2.05) is 6.92 Å². The van der Waals surface area contributed by atoms with Crippen LogP contribution in [0, 0.1) is 0 Å². The van der Waals surface area contributed by atoms with Crippen molar-refractivity contribution in [2.45, 2.75) is 6.92 Å². The molecule has 0 fully saturated rings. The van der Waals surface area contributed by atoms with E-state index >= 15 is 0 Å². The molecule has 0 aliphatic heterocycles. The topological polar surface area (TPSA) is 83.1 Å². The number of carbonyl (C=O) groups excluding carboxylic acids is 2. The van der Waals surface area contributed by atoms with Crippen molar-refractivity contribution in [1.29, 1.82) is 0 Å².